The lowest BCUT2D eigenvalue weighted by molar-refractivity contribution is 0.100. The van der Waals surface area contributed by atoms with Crippen molar-refractivity contribution >= 4 is 34.6 Å². The Hall–Kier alpha value is -2.40. The summed E-state index contributed by atoms with van der Waals surface area (Å²) in [6, 6.07) is 9.94. The summed E-state index contributed by atoms with van der Waals surface area (Å²) in [6.45, 7) is 0. The van der Waals surface area contributed by atoms with Gasteiger partial charge in [-0.15, -0.1) is 0 Å². The van der Waals surface area contributed by atoms with Gasteiger partial charge < -0.3 is 21.5 Å². The first-order chi connectivity index (χ1) is 9.51. The molecule has 0 fully saturated rings. The number of rotatable bonds is 4. The number of nitrogens with one attached hydrogen (secondary N) is 1. The summed E-state index contributed by atoms with van der Waals surface area (Å²) < 4.78 is 5.13. The Balaban J connectivity index is 2.43. The molecule has 6 heteroatoms. The van der Waals surface area contributed by atoms with Crippen LogP contribution in [-0.4, -0.2) is 13.0 Å². The summed E-state index contributed by atoms with van der Waals surface area (Å²) in [5.41, 5.74) is 13.0. The largest absolute Gasteiger partial charge is 0.497 e. The summed E-state index contributed by atoms with van der Waals surface area (Å²) in [7, 11) is 1.56. The molecule has 0 atom stereocenters. The number of carbonyl (C=O) groups excluding carboxylic acids is 1. The number of carbonyl (C=O) groups is 1. The molecule has 0 aromatic heterocycles. The molecule has 0 aliphatic carbocycles. The fourth-order valence-electron chi connectivity index (χ4n) is 1.75. The summed E-state index contributed by atoms with van der Waals surface area (Å²) in [4.78, 5) is 11.4. The number of anilines is 3. The Labute approximate surface area is 121 Å². The average molecular weight is 292 g/mol. The van der Waals surface area contributed by atoms with E-state index in [-0.39, 0.29) is 0 Å². The third-order valence-electron chi connectivity index (χ3n) is 2.75. The van der Waals surface area contributed by atoms with Gasteiger partial charge in [0.25, 0.3) is 5.91 Å². The molecule has 20 heavy (non-hydrogen) atoms. The maximum absolute atomic E-state index is 11.4. The number of halogens is 1. The van der Waals surface area contributed by atoms with E-state index < -0.39 is 5.91 Å². The molecule has 104 valence electrons. The second-order valence-corrected chi connectivity index (χ2v) is 4.55. The van der Waals surface area contributed by atoms with Crippen LogP contribution in [0.3, 0.4) is 0 Å². The minimum absolute atomic E-state index is 0.332. The van der Waals surface area contributed by atoms with Crippen LogP contribution in [0.2, 0.25) is 5.02 Å². The van der Waals surface area contributed by atoms with Crippen LogP contribution in [0.4, 0.5) is 17.1 Å². The van der Waals surface area contributed by atoms with E-state index in [1.54, 1.807) is 43.5 Å². The molecule has 0 radical (unpaired) electrons. The lowest BCUT2D eigenvalue weighted by Crippen LogP contribution is -2.13. The molecule has 0 saturated carbocycles. The first-order valence-electron chi connectivity index (χ1n) is 5.81. The van der Waals surface area contributed by atoms with Crippen LogP contribution in [0.15, 0.2) is 36.4 Å². The van der Waals surface area contributed by atoms with Crippen molar-refractivity contribution in [3.05, 3.63) is 47.0 Å². The Morgan fingerprint density at radius 2 is 1.95 bits per heavy atom. The highest BCUT2D eigenvalue weighted by Crippen LogP contribution is 2.31. The van der Waals surface area contributed by atoms with Crippen LogP contribution in [0.5, 0.6) is 5.75 Å². The van der Waals surface area contributed by atoms with Crippen LogP contribution in [0.25, 0.3) is 0 Å². The number of ether oxygens (including phenoxy) is 1. The third-order valence-corrected chi connectivity index (χ3v) is 3.08. The molecule has 0 aliphatic rings. The summed E-state index contributed by atoms with van der Waals surface area (Å²) in [5.74, 6) is 0.0907. The lowest BCUT2D eigenvalue weighted by atomic mass is 10.1. The molecule has 0 bridgehead atoms. The third kappa shape index (κ3) is 2.95. The molecule has 0 unspecified atom stereocenters. The molecule has 0 saturated heterocycles. The highest BCUT2D eigenvalue weighted by atomic mass is 35.5. The van der Waals surface area contributed by atoms with Crippen LogP contribution < -0.4 is 21.5 Å². The van der Waals surface area contributed by atoms with Crippen molar-refractivity contribution in [2.75, 3.05) is 18.2 Å². The van der Waals surface area contributed by atoms with Crippen LogP contribution in [0, 0.1) is 0 Å². The van der Waals surface area contributed by atoms with Gasteiger partial charge in [0.1, 0.15) is 5.75 Å². The van der Waals surface area contributed by atoms with E-state index in [1.165, 1.54) is 0 Å². The van der Waals surface area contributed by atoms with Gasteiger partial charge in [-0.1, -0.05) is 11.6 Å². The maximum atomic E-state index is 11.4. The Morgan fingerprint density at radius 3 is 2.60 bits per heavy atom. The van der Waals surface area contributed by atoms with E-state index in [4.69, 9.17) is 27.8 Å². The molecule has 0 spiro atoms. The second-order valence-electron chi connectivity index (χ2n) is 4.14. The first-order valence-corrected chi connectivity index (χ1v) is 6.19. The highest BCUT2D eigenvalue weighted by Gasteiger charge is 2.11. The minimum Gasteiger partial charge on any atom is -0.497 e. The molecular weight excluding hydrogens is 278 g/mol. The van der Waals surface area contributed by atoms with Crippen molar-refractivity contribution in [2.45, 2.75) is 0 Å². The summed E-state index contributed by atoms with van der Waals surface area (Å²) in [5, 5.41) is 3.53. The fourth-order valence-corrected chi connectivity index (χ4v) is 1.92. The normalized spacial score (nSPS) is 10.1. The topological polar surface area (TPSA) is 90.4 Å². The van der Waals surface area contributed by atoms with Crippen LogP contribution in [-0.2, 0) is 0 Å². The molecular formula is C14H14ClN3O2. The SMILES string of the molecule is COc1ccc(Cl)c(Nc2cc(N)ccc2C(N)=O)c1. The van der Waals surface area contributed by atoms with Gasteiger partial charge in [-0.2, -0.15) is 0 Å². The number of benzene rings is 2. The number of nitrogen functional groups attached to an aromatic ring is 1. The maximum Gasteiger partial charge on any atom is 0.250 e. The molecule has 0 aliphatic heterocycles. The van der Waals surface area contributed by atoms with E-state index in [0.29, 0.717) is 33.4 Å². The van der Waals surface area contributed by atoms with Gasteiger partial charge in [-0.3, -0.25) is 4.79 Å². The van der Waals surface area contributed by atoms with E-state index in [9.17, 15) is 4.79 Å². The van der Waals surface area contributed by atoms with Crippen molar-refractivity contribution in [1.82, 2.24) is 0 Å². The second kappa shape index (κ2) is 5.71. The quantitative estimate of drug-likeness (QED) is 0.756. The van der Waals surface area contributed by atoms with E-state index in [2.05, 4.69) is 5.32 Å². The van der Waals surface area contributed by atoms with Gasteiger partial charge in [0.2, 0.25) is 0 Å². The van der Waals surface area contributed by atoms with Gasteiger partial charge in [-0.05, 0) is 30.3 Å². The standard InChI is InChI=1S/C14H14ClN3O2/c1-20-9-3-5-11(15)13(7-9)18-12-6-8(16)2-4-10(12)14(17)19/h2-7,18H,16H2,1H3,(H2,17,19). The number of hydrogen-bond acceptors (Lipinski definition) is 4. The Kier molecular flexibility index (Phi) is 4.00. The molecule has 1 amide bonds. The van der Waals surface area contributed by atoms with Crippen LogP contribution >= 0.6 is 11.6 Å². The molecule has 2 aromatic rings. The highest BCUT2D eigenvalue weighted by molar-refractivity contribution is 6.33. The zero-order valence-electron chi connectivity index (χ0n) is 10.8. The monoisotopic (exact) mass is 291 g/mol. The molecule has 5 N–H and O–H groups in total. The number of nitrogens with two attached hydrogens (primary N) is 2. The van der Waals surface area contributed by atoms with E-state index in [0.717, 1.165) is 0 Å². The molecule has 2 rings (SSSR count). The Bertz CT molecular complexity index is 659. The van der Waals surface area contributed by atoms with Crippen molar-refractivity contribution in [1.29, 1.82) is 0 Å². The zero-order chi connectivity index (χ0) is 14.7. The number of methoxy groups -OCH3 is 1. The molecule has 2 aromatic carbocycles. The zero-order valence-corrected chi connectivity index (χ0v) is 11.6. The first kappa shape index (κ1) is 14.0. The predicted octanol–water partition coefficient (Wildman–Crippen LogP) is 2.77. The lowest BCUT2D eigenvalue weighted by Gasteiger charge is -2.13. The number of hydrogen-bond donors (Lipinski definition) is 3. The number of primary amides is 1. The van der Waals surface area contributed by atoms with Gasteiger partial charge in [0.15, 0.2) is 0 Å². The average Bonchev–Trinajstić information content (AvgIpc) is 2.41. The van der Waals surface area contributed by atoms with Gasteiger partial charge >= 0.3 is 0 Å². The smallest absolute Gasteiger partial charge is 0.250 e. The van der Waals surface area contributed by atoms with Gasteiger partial charge in [0, 0.05) is 11.8 Å². The van der Waals surface area contributed by atoms with Crippen LogP contribution in [0.1, 0.15) is 10.4 Å². The minimum atomic E-state index is -0.550. The van der Waals surface area contributed by atoms with Gasteiger partial charge in [0.05, 0.1) is 29.1 Å². The van der Waals surface area contributed by atoms with Gasteiger partial charge in [-0.25, -0.2) is 0 Å². The Morgan fingerprint density at radius 1 is 1.20 bits per heavy atom. The number of amides is 1. The van der Waals surface area contributed by atoms with E-state index >= 15 is 0 Å². The van der Waals surface area contributed by atoms with Crippen molar-refractivity contribution in [3.8, 4) is 5.75 Å². The van der Waals surface area contributed by atoms with Crippen molar-refractivity contribution in [3.63, 3.8) is 0 Å². The summed E-state index contributed by atoms with van der Waals surface area (Å²) >= 11 is 6.11. The van der Waals surface area contributed by atoms with Crippen molar-refractivity contribution < 1.29 is 9.53 Å². The van der Waals surface area contributed by atoms with Crippen molar-refractivity contribution in [2.24, 2.45) is 5.73 Å². The summed E-state index contributed by atoms with van der Waals surface area (Å²) in [6.07, 6.45) is 0. The predicted molar refractivity (Wildman–Crippen MR) is 80.7 cm³/mol. The fraction of sp³-hybridized carbons (Fsp3) is 0.0714. The molecule has 5 nitrogen and oxygen atoms in total. The molecule has 0 heterocycles. The van der Waals surface area contributed by atoms with E-state index in [1.807, 2.05) is 0 Å².